The van der Waals surface area contributed by atoms with Gasteiger partial charge in [0.1, 0.15) is 11.6 Å². The minimum atomic E-state index is -1.13. The van der Waals surface area contributed by atoms with Crippen LogP contribution >= 0.6 is 0 Å². The number of ether oxygens (including phenoxy) is 1. The van der Waals surface area contributed by atoms with E-state index in [0.717, 1.165) is 12.8 Å². The molecule has 0 aromatic heterocycles. The minimum absolute atomic E-state index is 0.243. The zero-order valence-electron chi connectivity index (χ0n) is 17.2. The summed E-state index contributed by atoms with van der Waals surface area (Å²) in [4.78, 5) is 42.2. The summed E-state index contributed by atoms with van der Waals surface area (Å²) >= 11 is 0. The van der Waals surface area contributed by atoms with E-state index in [9.17, 15) is 24.6 Å². The highest BCUT2D eigenvalue weighted by molar-refractivity contribution is 5.98. The van der Waals surface area contributed by atoms with Gasteiger partial charge in [-0.3, -0.25) is 14.4 Å². The third kappa shape index (κ3) is 3.26. The predicted molar refractivity (Wildman–Crippen MR) is 105 cm³/mol. The van der Waals surface area contributed by atoms with Crippen LogP contribution < -0.4 is 0 Å². The summed E-state index contributed by atoms with van der Waals surface area (Å²) < 4.78 is 6.17. The van der Waals surface area contributed by atoms with Gasteiger partial charge in [0, 0.05) is 13.1 Å². The number of unbranched alkanes of at least 4 members (excludes halogenated alkanes) is 1. The Kier molecular flexibility index (Phi) is 6.33. The Hall–Kier alpha value is -1.93. The molecule has 2 amide bonds. The normalized spacial score (nSPS) is 33.6. The maximum Gasteiger partial charge on any atom is 0.310 e. The highest BCUT2D eigenvalue weighted by Gasteiger charge is 2.75. The zero-order valence-corrected chi connectivity index (χ0v) is 17.2. The average Bonchev–Trinajstić information content (AvgIpc) is 3.34. The van der Waals surface area contributed by atoms with E-state index >= 15 is 0 Å². The Labute approximate surface area is 171 Å². The number of aliphatic hydroxyl groups is 1. The smallest absolute Gasteiger partial charge is 0.310 e. The second kappa shape index (κ2) is 8.44. The molecule has 0 saturated carbocycles. The number of aliphatic carboxylic acids is 1. The van der Waals surface area contributed by atoms with Crippen LogP contribution in [0.5, 0.6) is 0 Å². The zero-order chi connectivity index (χ0) is 21.3. The lowest BCUT2D eigenvalue weighted by Crippen LogP contribution is -2.58. The highest BCUT2D eigenvalue weighted by atomic mass is 16.5. The molecule has 1 spiro atoms. The van der Waals surface area contributed by atoms with Gasteiger partial charge in [0.15, 0.2) is 0 Å². The minimum Gasteiger partial charge on any atom is -0.481 e. The number of aliphatic hydroxyl groups excluding tert-OH is 1. The lowest BCUT2D eigenvalue weighted by molar-refractivity contribution is -0.153. The molecule has 3 fully saturated rings. The lowest BCUT2D eigenvalue weighted by atomic mass is 9.70. The van der Waals surface area contributed by atoms with Crippen LogP contribution in [0.2, 0.25) is 0 Å². The van der Waals surface area contributed by atoms with Crippen molar-refractivity contribution in [3.8, 4) is 0 Å². The van der Waals surface area contributed by atoms with Gasteiger partial charge in [-0.15, -0.1) is 6.58 Å². The highest BCUT2D eigenvalue weighted by Crippen LogP contribution is 2.59. The van der Waals surface area contributed by atoms with E-state index in [1.165, 1.54) is 4.90 Å². The molecule has 0 unspecified atom stereocenters. The van der Waals surface area contributed by atoms with Crippen LogP contribution in [0.3, 0.4) is 0 Å². The van der Waals surface area contributed by atoms with Crippen LogP contribution in [0.1, 0.15) is 46.0 Å². The monoisotopic (exact) mass is 408 g/mol. The van der Waals surface area contributed by atoms with Gasteiger partial charge in [0.05, 0.1) is 30.6 Å². The van der Waals surface area contributed by atoms with Gasteiger partial charge in [-0.25, -0.2) is 0 Å². The number of nitrogens with zero attached hydrogens (tertiary/aromatic N) is 2. The summed E-state index contributed by atoms with van der Waals surface area (Å²) in [6.07, 6.45) is 4.29. The van der Waals surface area contributed by atoms with Crippen molar-refractivity contribution in [3.63, 3.8) is 0 Å². The number of hydrogen-bond donors (Lipinski definition) is 2. The largest absolute Gasteiger partial charge is 0.481 e. The molecule has 29 heavy (non-hydrogen) atoms. The Morgan fingerprint density at radius 1 is 1.45 bits per heavy atom. The fourth-order valence-corrected chi connectivity index (χ4v) is 5.43. The van der Waals surface area contributed by atoms with Crippen molar-refractivity contribution in [2.75, 3.05) is 19.7 Å². The van der Waals surface area contributed by atoms with Gasteiger partial charge in [-0.2, -0.15) is 0 Å². The Bertz CT molecular complexity index is 678. The average molecular weight is 408 g/mol. The SMILES string of the molecule is C=CCN(CCCC)C(=O)[C@H]1N([C@@H](CC)CO)C(=O)[C@@H]2[C@@H](C(=O)O)[C@H]3CC[C@]21O3. The van der Waals surface area contributed by atoms with Crippen molar-refractivity contribution in [2.45, 2.75) is 69.7 Å². The molecule has 162 valence electrons. The van der Waals surface area contributed by atoms with Crippen molar-refractivity contribution in [2.24, 2.45) is 11.8 Å². The van der Waals surface area contributed by atoms with Crippen LogP contribution in [0.25, 0.3) is 0 Å². The van der Waals surface area contributed by atoms with E-state index in [4.69, 9.17) is 4.74 Å². The van der Waals surface area contributed by atoms with E-state index in [1.807, 2.05) is 13.8 Å². The van der Waals surface area contributed by atoms with E-state index in [-0.39, 0.29) is 18.4 Å². The number of likely N-dealkylation sites (tertiary alicyclic amines) is 1. The first-order valence-electron chi connectivity index (χ1n) is 10.6. The first-order valence-corrected chi connectivity index (χ1v) is 10.6. The summed E-state index contributed by atoms with van der Waals surface area (Å²) in [6, 6.07) is -1.46. The summed E-state index contributed by atoms with van der Waals surface area (Å²) in [5.74, 6) is -3.52. The first kappa shape index (κ1) is 21.8. The number of hydrogen-bond acceptors (Lipinski definition) is 5. The lowest BCUT2D eigenvalue weighted by Gasteiger charge is -2.39. The number of fused-ring (bicyclic) bond motifs is 1. The Balaban J connectivity index is 2.05. The third-order valence-electron chi connectivity index (χ3n) is 6.78. The van der Waals surface area contributed by atoms with Gasteiger partial charge >= 0.3 is 5.97 Å². The van der Waals surface area contributed by atoms with Crippen molar-refractivity contribution in [3.05, 3.63) is 12.7 Å². The molecule has 0 radical (unpaired) electrons. The van der Waals surface area contributed by atoms with E-state index in [2.05, 4.69) is 6.58 Å². The summed E-state index contributed by atoms with van der Waals surface area (Å²) in [7, 11) is 0. The fourth-order valence-electron chi connectivity index (χ4n) is 5.43. The van der Waals surface area contributed by atoms with Gasteiger partial charge in [0.2, 0.25) is 11.8 Å². The van der Waals surface area contributed by atoms with Crippen molar-refractivity contribution < 1.29 is 29.3 Å². The molecule has 2 N–H and O–H groups in total. The molecule has 0 aliphatic carbocycles. The summed E-state index contributed by atoms with van der Waals surface area (Å²) in [5.41, 5.74) is -1.13. The first-order chi connectivity index (χ1) is 13.9. The van der Waals surface area contributed by atoms with Crippen molar-refractivity contribution >= 4 is 17.8 Å². The molecular formula is C21H32N2O6. The van der Waals surface area contributed by atoms with Gasteiger partial charge in [0.25, 0.3) is 0 Å². The molecular weight excluding hydrogens is 376 g/mol. The van der Waals surface area contributed by atoms with Crippen LogP contribution in [0, 0.1) is 11.8 Å². The molecule has 3 rings (SSSR count). The standard InChI is InChI=1S/C21H32N2O6/c1-4-7-11-22(10-5-2)19(26)17-21-9-8-14(29-21)15(20(27)28)16(21)18(25)23(17)13(6-3)12-24/h5,13-17,24H,2,4,6-12H2,1,3H3,(H,27,28)/t13-,14+,15-,16-,17+,21-/m0/s1. The molecule has 3 aliphatic heterocycles. The van der Waals surface area contributed by atoms with Gasteiger partial charge in [-0.05, 0) is 25.7 Å². The van der Waals surface area contributed by atoms with Crippen LogP contribution in [-0.4, -0.2) is 81.3 Å². The van der Waals surface area contributed by atoms with Crippen molar-refractivity contribution in [1.29, 1.82) is 0 Å². The van der Waals surface area contributed by atoms with Gasteiger partial charge in [-0.1, -0.05) is 26.3 Å². The van der Waals surface area contributed by atoms with Crippen LogP contribution in [0.15, 0.2) is 12.7 Å². The van der Waals surface area contributed by atoms with Crippen LogP contribution in [-0.2, 0) is 19.1 Å². The molecule has 0 aromatic rings. The Morgan fingerprint density at radius 2 is 2.17 bits per heavy atom. The molecule has 8 heteroatoms. The number of rotatable bonds is 10. The van der Waals surface area contributed by atoms with E-state index < -0.39 is 41.6 Å². The Morgan fingerprint density at radius 3 is 2.72 bits per heavy atom. The molecule has 8 nitrogen and oxygen atoms in total. The second-order valence-electron chi connectivity index (χ2n) is 8.31. The second-order valence-corrected chi connectivity index (χ2v) is 8.31. The van der Waals surface area contributed by atoms with E-state index in [0.29, 0.717) is 32.4 Å². The molecule has 3 heterocycles. The number of amides is 2. The summed E-state index contributed by atoms with van der Waals surface area (Å²) in [5, 5.41) is 19.7. The molecule has 3 aliphatic rings. The third-order valence-corrected chi connectivity index (χ3v) is 6.78. The molecule has 3 saturated heterocycles. The number of carbonyl (C=O) groups excluding carboxylic acids is 2. The molecule has 6 atom stereocenters. The number of carboxylic acids is 1. The number of carbonyl (C=O) groups is 3. The molecule has 0 aromatic carbocycles. The van der Waals surface area contributed by atoms with Crippen molar-refractivity contribution in [1.82, 2.24) is 9.80 Å². The van der Waals surface area contributed by atoms with E-state index in [1.54, 1.807) is 11.0 Å². The molecule has 2 bridgehead atoms. The quantitative estimate of drug-likeness (QED) is 0.523. The maximum absolute atomic E-state index is 13.7. The maximum atomic E-state index is 13.7. The predicted octanol–water partition coefficient (Wildman–Crippen LogP) is 1.03. The fraction of sp³-hybridized carbons (Fsp3) is 0.762. The van der Waals surface area contributed by atoms with Gasteiger partial charge < -0.3 is 24.7 Å². The van der Waals surface area contributed by atoms with Crippen LogP contribution in [0.4, 0.5) is 0 Å². The number of carboxylic acid groups (broad SMARTS) is 1. The summed E-state index contributed by atoms with van der Waals surface area (Å²) in [6.45, 7) is 8.21. The topological polar surface area (TPSA) is 107 Å².